The average molecular weight is 261 g/mol. The fraction of sp³-hybridized carbons (Fsp3) is 0.562. The molecule has 1 aromatic carbocycles. The standard InChI is InChI=1S/C16H23NO2/c1-2-12(11-17)10-15(18)5-3-13-4-6-16-14(9-13)7-8-19-16/h4,6,9,12H,2-3,5,7-8,10-11,17H2,1H3. The highest BCUT2D eigenvalue weighted by molar-refractivity contribution is 5.78. The Balaban J connectivity index is 1.83. The van der Waals surface area contributed by atoms with Gasteiger partial charge < -0.3 is 10.5 Å². The molecule has 1 aliphatic rings. The maximum atomic E-state index is 11.9. The van der Waals surface area contributed by atoms with Crippen LogP contribution < -0.4 is 10.5 Å². The minimum absolute atomic E-state index is 0.328. The van der Waals surface area contributed by atoms with Gasteiger partial charge in [-0.3, -0.25) is 4.79 Å². The average Bonchev–Trinajstić information content (AvgIpc) is 2.89. The van der Waals surface area contributed by atoms with E-state index in [2.05, 4.69) is 19.1 Å². The molecule has 1 aromatic rings. The van der Waals surface area contributed by atoms with Crippen molar-refractivity contribution in [3.05, 3.63) is 29.3 Å². The lowest BCUT2D eigenvalue weighted by atomic mass is 9.96. The van der Waals surface area contributed by atoms with Crippen molar-refractivity contribution >= 4 is 5.78 Å². The van der Waals surface area contributed by atoms with E-state index in [1.54, 1.807) is 0 Å². The summed E-state index contributed by atoms with van der Waals surface area (Å²) in [7, 11) is 0. The molecule has 0 bridgehead atoms. The van der Waals surface area contributed by atoms with Gasteiger partial charge in [-0.15, -0.1) is 0 Å². The van der Waals surface area contributed by atoms with E-state index in [1.165, 1.54) is 11.1 Å². The summed E-state index contributed by atoms with van der Waals surface area (Å²) in [5.74, 6) is 1.68. The number of nitrogens with two attached hydrogens (primary N) is 1. The van der Waals surface area contributed by atoms with E-state index in [1.807, 2.05) is 6.07 Å². The second-order valence-electron chi connectivity index (χ2n) is 5.29. The maximum absolute atomic E-state index is 11.9. The quantitative estimate of drug-likeness (QED) is 0.820. The topological polar surface area (TPSA) is 52.3 Å². The van der Waals surface area contributed by atoms with Crippen molar-refractivity contribution in [3.8, 4) is 5.75 Å². The van der Waals surface area contributed by atoms with Crippen LogP contribution in [0.1, 0.15) is 37.3 Å². The normalized spacial score (nSPS) is 14.8. The molecule has 1 aliphatic heterocycles. The van der Waals surface area contributed by atoms with Crippen molar-refractivity contribution in [2.75, 3.05) is 13.2 Å². The highest BCUT2D eigenvalue weighted by Gasteiger charge is 2.13. The summed E-state index contributed by atoms with van der Waals surface area (Å²) in [6.45, 7) is 3.48. The molecule has 2 rings (SSSR count). The summed E-state index contributed by atoms with van der Waals surface area (Å²) >= 11 is 0. The van der Waals surface area contributed by atoms with Gasteiger partial charge >= 0.3 is 0 Å². The zero-order chi connectivity index (χ0) is 13.7. The minimum atomic E-state index is 0.328. The van der Waals surface area contributed by atoms with Crippen LogP contribution in [0.3, 0.4) is 0 Å². The molecular formula is C16H23NO2. The molecule has 104 valence electrons. The SMILES string of the molecule is CCC(CN)CC(=O)CCc1ccc2c(c1)CCO2. The number of fused-ring (bicyclic) bond motifs is 1. The lowest BCUT2D eigenvalue weighted by molar-refractivity contribution is -0.119. The van der Waals surface area contributed by atoms with Crippen LogP contribution in [0.25, 0.3) is 0 Å². The van der Waals surface area contributed by atoms with E-state index in [0.717, 1.165) is 31.6 Å². The van der Waals surface area contributed by atoms with E-state index >= 15 is 0 Å². The van der Waals surface area contributed by atoms with Crippen LogP contribution in [-0.2, 0) is 17.6 Å². The Morgan fingerprint density at radius 2 is 2.32 bits per heavy atom. The van der Waals surface area contributed by atoms with Crippen LogP contribution in [0.2, 0.25) is 0 Å². The van der Waals surface area contributed by atoms with Crippen molar-refractivity contribution in [1.82, 2.24) is 0 Å². The van der Waals surface area contributed by atoms with E-state index in [9.17, 15) is 4.79 Å². The zero-order valence-corrected chi connectivity index (χ0v) is 11.7. The predicted molar refractivity (Wildman–Crippen MR) is 76.4 cm³/mol. The van der Waals surface area contributed by atoms with Crippen LogP contribution in [0, 0.1) is 5.92 Å². The number of hydrogen-bond donors (Lipinski definition) is 1. The monoisotopic (exact) mass is 261 g/mol. The molecular weight excluding hydrogens is 238 g/mol. The van der Waals surface area contributed by atoms with Crippen molar-refractivity contribution in [1.29, 1.82) is 0 Å². The summed E-state index contributed by atoms with van der Waals surface area (Å²) in [5.41, 5.74) is 8.15. The third kappa shape index (κ3) is 3.80. The van der Waals surface area contributed by atoms with Crippen molar-refractivity contribution in [3.63, 3.8) is 0 Å². The van der Waals surface area contributed by atoms with E-state index in [4.69, 9.17) is 10.5 Å². The lowest BCUT2D eigenvalue weighted by Crippen LogP contribution is -2.17. The molecule has 0 aromatic heterocycles. The van der Waals surface area contributed by atoms with Crippen LogP contribution in [0.15, 0.2) is 18.2 Å². The Hall–Kier alpha value is -1.35. The summed E-state index contributed by atoms with van der Waals surface area (Å²) in [6.07, 6.45) is 4.05. The van der Waals surface area contributed by atoms with E-state index in [0.29, 0.717) is 31.1 Å². The van der Waals surface area contributed by atoms with E-state index < -0.39 is 0 Å². The Kier molecular flexibility index (Phi) is 4.97. The Bertz CT molecular complexity index is 438. The first-order valence-corrected chi connectivity index (χ1v) is 7.19. The fourth-order valence-electron chi connectivity index (χ4n) is 2.50. The lowest BCUT2D eigenvalue weighted by Gasteiger charge is -2.10. The van der Waals surface area contributed by atoms with Crippen LogP contribution in [0.4, 0.5) is 0 Å². The number of carbonyl (C=O) groups is 1. The summed E-state index contributed by atoms with van der Waals surface area (Å²) in [5, 5.41) is 0. The van der Waals surface area contributed by atoms with Gasteiger partial charge in [0.05, 0.1) is 6.61 Å². The van der Waals surface area contributed by atoms with Gasteiger partial charge in [0.15, 0.2) is 0 Å². The summed E-state index contributed by atoms with van der Waals surface area (Å²) < 4.78 is 5.48. The number of ketones is 1. The number of benzene rings is 1. The van der Waals surface area contributed by atoms with Crippen molar-refractivity contribution < 1.29 is 9.53 Å². The molecule has 1 unspecified atom stereocenters. The van der Waals surface area contributed by atoms with Gasteiger partial charge in [0.1, 0.15) is 11.5 Å². The first-order valence-electron chi connectivity index (χ1n) is 7.19. The van der Waals surface area contributed by atoms with Gasteiger partial charge in [-0.1, -0.05) is 25.5 Å². The molecule has 0 radical (unpaired) electrons. The molecule has 2 N–H and O–H groups in total. The van der Waals surface area contributed by atoms with Gasteiger partial charge in [0, 0.05) is 19.3 Å². The van der Waals surface area contributed by atoms with E-state index in [-0.39, 0.29) is 0 Å². The fourth-order valence-corrected chi connectivity index (χ4v) is 2.50. The second-order valence-corrected chi connectivity index (χ2v) is 5.29. The predicted octanol–water partition coefficient (Wildman–Crippen LogP) is 2.50. The number of aryl methyl sites for hydroxylation is 1. The highest BCUT2D eigenvalue weighted by atomic mass is 16.5. The van der Waals surface area contributed by atoms with Gasteiger partial charge in [-0.05, 0) is 36.1 Å². The molecule has 0 saturated heterocycles. The third-order valence-electron chi connectivity index (χ3n) is 3.87. The molecule has 1 heterocycles. The number of hydrogen-bond acceptors (Lipinski definition) is 3. The van der Waals surface area contributed by atoms with Gasteiger partial charge in [-0.2, -0.15) is 0 Å². The van der Waals surface area contributed by atoms with Gasteiger partial charge in [0.25, 0.3) is 0 Å². The molecule has 1 atom stereocenters. The van der Waals surface area contributed by atoms with Crippen LogP contribution in [-0.4, -0.2) is 18.9 Å². The third-order valence-corrected chi connectivity index (χ3v) is 3.87. The Morgan fingerprint density at radius 3 is 3.05 bits per heavy atom. The Labute approximate surface area is 115 Å². The highest BCUT2D eigenvalue weighted by Crippen LogP contribution is 2.26. The molecule has 0 aliphatic carbocycles. The number of carbonyl (C=O) groups excluding carboxylic acids is 1. The second kappa shape index (κ2) is 6.71. The first kappa shape index (κ1) is 14.1. The minimum Gasteiger partial charge on any atom is -0.493 e. The number of ether oxygens (including phenoxy) is 1. The number of Topliss-reactive ketones (excluding diaryl/α,β-unsaturated/α-hetero) is 1. The summed E-state index contributed by atoms with van der Waals surface area (Å²) in [4.78, 5) is 11.9. The molecule has 3 heteroatoms. The van der Waals surface area contributed by atoms with Crippen LogP contribution in [0.5, 0.6) is 5.75 Å². The smallest absolute Gasteiger partial charge is 0.133 e. The first-order chi connectivity index (χ1) is 9.22. The molecule has 3 nitrogen and oxygen atoms in total. The zero-order valence-electron chi connectivity index (χ0n) is 11.7. The van der Waals surface area contributed by atoms with Gasteiger partial charge in [-0.25, -0.2) is 0 Å². The molecule has 0 fully saturated rings. The number of rotatable bonds is 7. The Morgan fingerprint density at radius 1 is 1.47 bits per heavy atom. The maximum Gasteiger partial charge on any atom is 0.133 e. The van der Waals surface area contributed by atoms with Gasteiger partial charge in [0.2, 0.25) is 0 Å². The molecule has 0 amide bonds. The van der Waals surface area contributed by atoms with Crippen molar-refractivity contribution in [2.24, 2.45) is 11.7 Å². The summed E-state index contributed by atoms with van der Waals surface area (Å²) in [6, 6.07) is 6.27. The largest absolute Gasteiger partial charge is 0.493 e. The molecule has 0 spiro atoms. The molecule has 0 saturated carbocycles. The van der Waals surface area contributed by atoms with Crippen molar-refractivity contribution in [2.45, 2.75) is 39.0 Å². The van der Waals surface area contributed by atoms with Crippen LogP contribution >= 0.6 is 0 Å². The molecule has 19 heavy (non-hydrogen) atoms.